The van der Waals surface area contributed by atoms with Crippen molar-refractivity contribution in [2.75, 3.05) is 0 Å². The minimum Gasteiger partial charge on any atom is -0.441 e. The molecule has 0 fully saturated rings. The highest BCUT2D eigenvalue weighted by molar-refractivity contribution is 7.07. The summed E-state index contributed by atoms with van der Waals surface area (Å²) in [5, 5.41) is 1.86. The van der Waals surface area contributed by atoms with Crippen LogP contribution in [0.2, 0.25) is 0 Å². The third-order valence-corrected chi connectivity index (χ3v) is 4.08. The molecule has 0 aliphatic carbocycles. The van der Waals surface area contributed by atoms with Crippen LogP contribution in [0.4, 0.5) is 0 Å². The van der Waals surface area contributed by atoms with Crippen molar-refractivity contribution >= 4 is 11.3 Å². The summed E-state index contributed by atoms with van der Waals surface area (Å²) in [7, 11) is 0. The third kappa shape index (κ3) is 2.32. The molecule has 0 bridgehead atoms. The fourth-order valence-corrected chi connectivity index (χ4v) is 2.76. The van der Waals surface area contributed by atoms with E-state index in [1.165, 1.54) is 11.3 Å². The molecule has 102 valence electrons. The highest BCUT2D eigenvalue weighted by Crippen LogP contribution is 2.22. The predicted octanol–water partition coefficient (Wildman–Crippen LogP) is 3.23. The largest absolute Gasteiger partial charge is 0.441 e. The van der Waals surface area contributed by atoms with Crippen LogP contribution in [0.5, 0.6) is 0 Å². The number of rotatable bonds is 3. The first-order valence-electron chi connectivity index (χ1n) is 6.32. The molecule has 0 amide bonds. The Hall–Kier alpha value is -2.14. The van der Waals surface area contributed by atoms with Gasteiger partial charge in [0.05, 0.1) is 6.54 Å². The fourth-order valence-electron chi connectivity index (χ4n) is 2.02. The summed E-state index contributed by atoms with van der Waals surface area (Å²) < 4.78 is 7.42. The van der Waals surface area contributed by atoms with Gasteiger partial charge in [-0.15, -0.1) is 0 Å². The summed E-state index contributed by atoms with van der Waals surface area (Å²) in [5.74, 6) is 1.35. The van der Waals surface area contributed by atoms with Crippen LogP contribution in [0, 0.1) is 13.8 Å². The average molecular weight is 286 g/mol. The van der Waals surface area contributed by atoms with E-state index in [2.05, 4.69) is 4.98 Å². The summed E-state index contributed by atoms with van der Waals surface area (Å²) in [6.45, 7) is 4.25. The van der Waals surface area contributed by atoms with E-state index >= 15 is 0 Å². The Morgan fingerprint density at radius 3 is 2.65 bits per heavy atom. The van der Waals surface area contributed by atoms with Gasteiger partial charge in [-0.25, -0.2) is 4.98 Å². The Kier molecular flexibility index (Phi) is 3.28. The van der Waals surface area contributed by atoms with Gasteiger partial charge in [0.2, 0.25) is 5.89 Å². The Morgan fingerprint density at radius 2 is 2.00 bits per heavy atom. The third-order valence-electron chi connectivity index (χ3n) is 3.20. The Bertz CT molecular complexity index is 784. The normalized spacial score (nSPS) is 10.9. The van der Waals surface area contributed by atoms with Gasteiger partial charge in [0.15, 0.2) is 0 Å². The molecule has 0 radical (unpaired) electrons. The maximum atomic E-state index is 11.8. The van der Waals surface area contributed by atoms with Gasteiger partial charge in [0.25, 0.3) is 0 Å². The summed E-state index contributed by atoms with van der Waals surface area (Å²) >= 11 is 1.21. The molecule has 0 atom stereocenters. The summed E-state index contributed by atoms with van der Waals surface area (Å²) in [5.41, 5.74) is 2.69. The van der Waals surface area contributed by atoms with E-state index in [0.29, 0.717) is 12.4 Å². The second kappa shape index (κ2) is 5.09. The van der Waals surface area contributed by atoms with Crippen LogP contribution in [-0.2, 0) is 6.54 Å². The molecule has 0 N–H and O–H groups in total. The van der Waals surface area contributed by atoms with E-state index < -0.39 is 0 Å². The maximum Gasteiger partial charge on any atom is 0.307 e. The lowest BCUT2D eigenvalue weighted by molar-refractivity contribution is 0.537. The molecule has 2 heterocycles. The number of oxazole rings is 1. The molecule has 0 aliphatic rings. The lowest BCUT2D eigenvalue weighted by Crippen LogP contribution is -2.15. The quantitative estimate of drug-likeness (QED) is 0.742. The number of aryl methyl sites for hydroxylation is 2. The molecule has 20 heavy (non-hydrogen) atoms. The van der Waals surface area contributed by atoms with E-state index in [0.717, 1.165) is 22.7 Å². The molecule has 3 rings (SSSR count). The van der Waals surface area contributed by atoms with Crippen LogP contribution >= 0.6 is 11.3 Å². The van der Waals surface area contributed by atoms with Gasteiger partial charge >= 0.3 is 4.87 Å². The lowest BCUT2D eigenvalue weighted by atomic mass is 10.2. The topological polar surface area (TPSA) is 48.0 Å². The van der Waals surface area contributed by atoms with Gasteiger partial charge in [-0.3, -0.25) is 9.36 Å². The second-order valence-electron chi connectivity index (χ2n) is 4.62. The van der Waals surface area contributed by atoms with Gasteiger partial charge in [-0.1, -0.05) is 29.5 Å². The Balaban J connectivity index is 1.96. The van der Waals surface area contributed by atoms with Crippen molar-refractivity contribution < 1.29 is 4.42 Å². The first kappa shape index (κ1) is 12.9. The van der Waals surface area contributed by atoms with Gasteiger partial charge in [-0.05, 0) is 26.0 Å². The molecule has 5 heteroatoms. The predicted molar refractivity (Wildman–Crippen MR) is 79.1 cm³/mol. The molecule has 0 unspecified atom stereocenters. The molecule has 0 aliphatic heterocycles. The molecule has 4 nitrogen and oxygen atoms in total. The molecule has 0 saturated heterocycles. The van der Waals surface area contributed by atoms with Crippen molar-refractivity contribution in [2.24, 2.45) is 0 Å². The van der Waals surface area contributed by atoms with Crippen molar-refractivity contribution in [3.8, 4) is 11.5 Å². The fraction of sp³-hybridized carbons (Fsp3) is 0.200. The van der Waals surface area contributed by atoms with Crippen LogP contribution in [0.3, 0.4) is 0 Å². The van der Waals surface area contributed by atoms with Gasteiger partial charge < -0.3 is 4.42 Å². The highest BCUT2D eigenvalue weighted by atomic mass is 32.1. The molecular weight excluding hydrogens is 272 g/mol. The molecule has 0 spiro atoms. The number of benzene rings is 1. The summed E-state index contributed by atoms with van der Waals surface area (Å²) in [4.78, 5) is 16.3. The van der Waals surface area contributed by atoms with E-state index in [1.807, 2.05) is 49.6 Å². The molecule has 0 saturated carbocycles. The van der Waals surface area contributed by atoms with Crippen LogP contribution < -0.4 is 4.87 Å². The van der Waals surface area contributed by atoms with Gasteiger partial charge in [-0.2, -0.15) is 0 Å². The molecule has 2 aromatic heterocycles. The van der Waals surface area contributed by atoms with Crippen molar-refractivity contribution in [2.45, 2.75) is 20.4 Å². The number of thiazole rings is 1. The van der Waals surface area contributed by atoms with Crippen molar-refractivity contribution in [3.63, 3.8) is 0 Å². The van der Waals surface area contributed by atoms with Crippen LogP contribution in [0.1, 0.15) is 17.1 Å². The zero-order valence-corrected chi connectivity index (χ0v) is 12.1. The molecular formula is C15H14N2O2S. The first-order valence-corrected chi connectivity index (χ1v) is 7.20. The minimum absolute atomic E-state index is 0.0335. The van der Waals surface area contributed by atoms with Gasteiger partial charge in [0, 0.05) is 16.6 Å². The first-order chi connectivity index (χ1) is 9.65. The van der Waals surface area contributed by atoms with E-state index in [1.54, 1.807) is 4.57 Å². The standard InChI is InChI=1S/C15H14N2O2S/c1-10-9-20-15(18)17(10)8-13-11(2)19-14(16-13)12-6-4-3-5-7-12/h3-7,9H,8H2,1-2H3. The average Bonchev–Trinajstić information content (AvgIpc) is 2.98. The number of nitrogens with zero attached hydrogens (tertiary/aromatic N) is 2. The maximum absolute atomic E-state index is 11.8. The van der Waals surface area contributed by atoms with Crippen molar-refractivity contribution in [3.05, 3.63) is 62.5 Å². The second-order valence-corrected chi connectivity index (χ2v) is 5.44. The van der Waals surface area contributed by atoms with Crippen molar-refractivity contribution in [1.82, 2.24) is 9.55 Å². The number of hydrogen-bond acceptors (Lipinski definition) is 4. The van der Waals surface area contributed by atoms with E-state index in [9.17, 15) is 4.79 Å². The van der Waals surface area contributed by atoms with E-state index in [4.69, 9.17) is 4.42 Å². The van der Waals surface area contributed by atoms with Crippen LogP contribution in [0.25, 0.3) is 11.5 Å². The van der Waals surface area contributed by atoms with Crippen molar-refractivity contribution in [1.29, 1.82) is 0 Å². The zero-order chi connectivity index (χ0) is 14.1. The zero-order valence-electron chi connectivity index (χ0n) is 11.3. The lowest BCUT2D eigenvalue weighted by Gasteiger charge is -2.01. The smallest absolute Gasteiger partial charge is 0.307 e. The Morgan fingerprint density at radius 1 is 1.25 bits per heavy atom. The molecule has 1 aromatic carbocycles. The monoisotopic (exact) mass is 286 g/mol. The Labute approximate surface area is 120 Å². The number of hydrogen-bond donors (Lipinski definition) is 0. The highest BCUT2D eigenvalue weighted by Gasteiger charge is 2.13. The van der Waals surface area contributed by atoms with E-state index in [-0.39, 0.29) is 4.87 Å². The summed E-state index contributed by atoms with van der Waals surface area (Å²) in [6.07, 6.45) is 0. The summed E-state index contributed by atoms with van der Waals surface area (Å²) in [6, 6.07) is 9.76. The minimum atomic E-state index is 0.0335. The SMILES string of the molecule is Cc1oc(-c2ccccc2)nc1Cn1c(C)csc1=O. The molecule has 3 aromatic rings. The van der Waals surface area contributed by atoms with Crippen LogP contribution in [0.15, 0.2) is 44.9 Å². The van der Waals surface area contributed by atoms with Gasteiger partial charge in [0.1, 0.15) is 11.5 Å². The number of aromatic nitrogens is 2. The van der Waals surface area contributed by atoms with Crippen LogP contribution in [-0.4, -0.2) is 9.55 Å².